The van der Waals surface area contributed by atoms with E-state index in [1.807, 2.05) is 0 Å². The van der Waals surface area contributed by atoms with Gasteiger partial charge in [0.2, 0.25) is 5.91 Å². The van der Waals surface area contributed by atoms with Gasteiger partial charge < -0.3 is 5.32 Å². The second kappa shape index (κ2) is 5.36. The molecule has 4 fully saturated rings. The van der Waals surface area contributed by atoms with Gasteiger partial charge in [-0.15, -0.1) is 0 Å². The molecule has 0 saturated heterocycles. The number of nitrogens with one attached hydrogen (secondary N) is 1. The van der Waals surface area contributed by atoms with Crippen molar-refractivity contribution in [3.8, 4) is 0 Å². The summed E-state index contributed by atoms with van der Waals surface area (Å²) in [6.45, 7) is 2.45. The highest BCUT2D eigenvalue weighted by molar-refractivity contribution is 5.75. The Morgan fingerprint density at radius 1 is 1.18 bits per heavy atom. The summed E-state index contributed by atoms with van der Waals surface area (Å²) in [4.78, 5) is 13.8. The van der Waals surface area contributed by atoms with Gasteiger partial charge in [-0.3, -0.25) is 4.79 Å². The van der Waals surface area contributed by atoms with Gasteiger partial charge in [-0.2, -0.15) is 15.0 Å². The summed E-state index contributed by atoms with van der Waals surface area (Å²) < 4.78 is 0. The lowest BCUT2D eigenvalue weighted by atomic mass is 9.47. The first kappa shape index (κ1) is 14.2. The Morgan fingerprint density at radius 2 is 1.73 bits per heavy atom. The van der Waals surface area contributed by atoms with Gasteiger partial charge in [-0.05, 0) is 68.1 Å². The average Bonchev–Trinajstić information content (AvgIpc) is 2.96. The van der Waals surface area contributed by atoms with Crippen LogP contribution in [0.15, 0.2) is 12.4 Å². The van der Waals surface area contributed by atoms with Crippen LogP contribution >= 0.6 is 0 Å². The van der Waals surface area contributed by atoms with Crippen LogP contribution in [0.5, 0.6) is 0 Å². The largest absolute Gasteiger partial charge is 0.351 e. The molecule has 5 nitrogen and oxygen atoms in total. The molecule has 0 aromatic carbocycles. The van der Waals surface area contributed by atoms with Crippen LogP contribution in [-0.4, -0.2) is 26.9 Å². The number of hydrogen-bond acceptors (Lipinski definition) is 3. The van der Waals surface area contributed by atoms with E-state index in [4.69, 9.17) is 0 Å². The van der Waals surface area contributed by atoms with E-state index >= 15 is 0 Å². The van der Waals surface area contributed by atoms with Crippen molar-refractivity contribution in [2.24, 2.45) is 23.2 Å². The van der Waals surface area contributed by atoms with E-state index < -0.39 is 0 Å². The van der Waals surface area contributed by atoms with Crippen LogP contribution in [0.4, 0.5) is 0 Å². The fourth-order valence-electron chi connectivity index (χ4n) is 5.99. The third-order valence-electron chi connectivity index (χ3n) is 6.32. The van der Waals surface area contributed by atoms with Crippen LogP contribution in [0, 0.1) is 23.2 Å². The summed E-state index contributed by atoms with van der Waals surface area (Å²) in [7, 11) is 0. The van der Waals surface area contributed by atoms with E-state index in [-0.39, 0.29) is 12.5 Å². The van der Waals surface area contributed by atoms with Crippen molar-refractivity contribution in [3.63, 3.8) is 0 Å². The average molecular weight is 302 g/mol. The summed E-state index contributed by atoms with van der Waals surface area (Å²) in [5.41, 5.74) is 0.372. The van der Waals surface area contributed by atoms with Crippen molar-refractivity contribution in [1.82, 2.24) is 20.3 Å². The second-order valence-electron chi connectivity index (χ2n) is 7.87. The van der Waals surface area contributed by atoms with E-state index in [1.165, 1.54) is 43.3 Å². The van der Waals surface area contributed by atoms with Gasteiger partial charge in [-0.25, -0.2) is 0 Å². The van der Waals surface area contributed by atoms with Crippen LogP contribution in [0.25, 0.3) is 0 Å². The number of aromatic nitrogens is 3. The van der Waals surface area contributed by atoms with Gasteiger partial charge in [0.25, 0.3) is 0 Å². The summed E-state index contributed by atoms with van der Waals surface area (Å²) in [5, 5.41) is 11.4. The smallest absolute Gasteiger partial charge is 0.243 e. The van der Waals surface area contributed by atoms with E-state index in [0.717, 1.165) is 24.2 Å². The SMILES string of the molecule is CC[C@H](NC(=O)Cn1nccn1)C12CC3CC(CC(C3)C1)C2. The Kier molecular flexibility index (Phi) is 3.46. The standard InChI is InChI=1S/C17H26N4O/c1-2-15(20-16(22)11-21-18-3-4-19-21)17-8-12-5-13(9-17)7-14(6-12)10-17/h3-4,12-15H,2,5-11H2,1H3,(H,20,22)/t12?,13?,14?,15-,17?/m0/s1. The minimum absolute atomic E-state index is 0.0544. The van der Waals surface area contributed by atoms with Gasteiger partial charge in [-0.1, -0.05) is 6.92 Å². The highest BCUT2D eigenvalue weighted by Crippen LogP contribution is 2.61. The van der Waals surface area contributed by atoms with E-state index in [0.29, 0.717) is 11.5 Å². The monoisotopic (exact) mass is 302 g/mol. The Bertz CT molecular complexity index is 504. The van der Waals surface area contributed by atoms with E-state index in [2.05, 4.69) is 22.4 Å². The molecular weight excluding hydrogens is 276 g/mol. The summed E-state index contributed by atoms with van der Waals surface area (Å²) in [5.74, 6) is 2.82. The zero-order valence-corrected chi connectivity index (χ0v) is 13.4. The molecule has 4 aliphatic rings. The molecule has 0 radical (unpaired) electrons. The molecule has 4 saturated carbocycles. The van der Waals surface area contributed by atoms with Gasteiger partial charge >= 0.3 is 0 Å². The predicted octanol–water partition coefficient (Wildman–Crippen LogP) is 2.39. The number of carbonyl (C=O) groups excluding carboxylic acids is 1. The van der Waals surface area contributed by atoms with Crippen LogP contribution < -0.4 is 5.32 Å². The first-order valence-corrected chi connectivity index (χ1v) is 8.80. The minimum atomic E-state index is 0.0544. The van der Waals surface area contributed by atoms with Crippen LogP contribution in [0.2, 0.25) is 0 Å². The van der Waals surface area contributed by atoms with Crippen LogP contribution in [0.3, 0.4) is 0 Å². The Balaban J connectivity index is 1.46. The van der Waals surface area contributed by atoms with E-state index in [1.54, 1.807) is 12.4 Å². The van der Waals surface area contributed by atoms with E-state index in [9.17, 15) is 4.79 Å². The number of amides is 1. The maximum atomic E-state index is 12.4. The van der Waals surface area contributed by atoms with Crippen molar-refractivity contribution in [2.45, 2.75) is 64.5 Å². The van der Waals surface area contributed by atoms with Crippen molar-refractivity contribution < 1.29 is 4.79 Å². The molecule has 1 amide bonds. The quantitative estimate of drug-likeness (QED) is 0.908. The summed E-state index contributed by atoms with van der Waals surface area (Å²) >= 11 is 0. The molecular formula is C17H26N4O. The number of carbonyl (C=O) groups is 1. The zero-order valence-electron chi connectivity index (χ0n) is 13.4. The third kappa shape index (κ3) is 2.44. The second-order valence-corrected chi connectivity index (χ2v) is 7.87. The topological polar surface area (TPSA) is 59.8 Å². The van der Waals surface area contributed by atoms with Crippen molar-refractivity contribution in [3.05, 3.63) is 12.4 Å². The lowest BCUT2D eigenvalue weighted by Crippen LogP contribution is -2.57. The molecule has 5 rings (SSSR count). The molecule has 4 bridgehead atoms. The Labute approximate surface area is 131 Å². The summed E-state index contributed by atoms with van der Waals surface area (Å²) in [6, 6.07) is 0.323. The highest BCUT2D eigenvalue weighted by atomic mass is 16.2. The normalized spacial score (nSPS) is 37.2. The molecule has 1 heterocycles. The molecule has 5 heteroatoms. The van der Waals surface area contributed by atoms with Crippen LogP contribution in [-0.2, 0) is 11.3 Å². The van der Waals surface area contributed by atoms with Crippen molar-refractivity contribution in [1.29, 1.82) is 0 Å². The molecule has 22 heavy (non-hydrogen) atoms. The first-order chi connectivity index (χ1) is 10.7. The van der Waals surface area contributed by atoms with Crippen molar-refractivity contribution in [2.75, 3.05) is 0 Å². The first-order valence-electron chi connectivity index (χ1n) is 8.80. The highest BCUT2D eigenvalue weighted by Gasteiger charge is 2.53. The molecule has 4 aliphatic carbocycles. The fraction of sp³-hybridized carbons (Fsp3) is 0.824. The molecule has 0 aliphatic heterocycles. The lowest BCUT2D eigenvalue weighted by Gasteiger charge is -2.59. The molecule has 1 aromatic rings. The molecule has 1 atom stereocenters. The predicted molar refractivity (Wildman–Crippen MR) is 82.8 cm³/mol. The van der Waals surface area contributed by atoms with Crippen LogP contribution in [0.1, 0.15) is 51.9 Å². The number of rotatable bonds is 5. The maximum Gasteiger partial charge on any atom is 0.243 e. The lowest BCUT2D eigenvalue weighted by molar-refractivity contribution is -0.127. The van der Waals surface area contributed by atoms with Gasteiger partial charge in [0, 0.05) is 6.04 Å². The van der Waals surface area contributed by atoms with Gasteiger partial charge in [0.15, 0.2) is 0 Å². The zero-order chi connectivity index (χ0) is 15.2. The third-order valence-corrected chi connectivity index (χ3v) is 6.32. The molecule has 0 unspecified atom stereocenters. The summed E-state index contributed by atoms with van der Waals surface area (Å²) in [6.07, 6.45) is 12.6. The minimum Gasteiger partial charge on any atom is -0.351 e. The number of nitrogens with zero attached hydrogens (tertiary/aromatic N) is 3. The molecule has 0 spiro atoms. The Morgan fingerprint density at radius 3 is 2.23 bits per heavy atom. The van der Waals surface area contributed by atoms with Gasteiger partial charge in [0.1, 0.15) is 6.54 Å². The molecule has 1 aromatic heterocycles. The maximum absolute atomic E-state index is 12.4. The van der Waals surface area contributed by atoms with Crippen molar-refractivity contribution >= 4 is 5.91 Å². The Hall–Kier alpha value is -1.39. The fourth-order valence-corrected chi connectivity index (χ4v) is 5.99. The molecule has 120 valence electrons. The van der Waals surface area contributed by atoms with Gasteiger partial charge in [0.05, 0.1) is 12.4 Å². The molecule has 1 N–H and O–H groups in total. The number of hydrogen-bond donors (Lipinski definition) is 1.